The van der Waals surface area contributed by atoms with Crippen LogP contribution < -0.4 is 10.6 Å². The molecular weight excluding hydrogens is 270 g/mol. The lowest BCUT2D eigenvalue weighted by atomic mass is 9.96. The molecule has 0 bridgehead atoms. The van der Waals surface area contributed by atoms with E-state index in [9.17, 15) is 14.4 Å². The van der Waals surface area contributed by atoms with Gasteiger partial charge in [0.25, 0.3) is 17.7 Å². The minimum absolute atomic E-state index is 0.258. The fourth-order valence-corrected chi connectivity index (χ4v) is 2.68. The number of fused-ring (bicyclic) bond motifs is 3. The predicted octanol–water partition coefficient (Wildman–Crippen LogP) is 1.39. The Morgan fingerprint density at radius 2 is 1.71 bits per heavy atom. The molecule has 6 heteroatoms. The Balaban J connectivity index is 1.99. The zero-order chi connectivity index (χ0) is 14.6. The molecule has 2 aliphatic heterocycles. The number of amides is 3. The predicted molar refractivity (Wildman–Crippen MR) is 75.5 cm³/mol. The molecule has 1 aromatic carbocycles. The molecule has 0 atom stereocenters. The number of aromatic nitrogens is 1. The number of anilines is 1. The highest BCUT2D eigenvalue weighted by atomic mass is 16.2. The number of hydrogen-bond donors (Lipinski definition) is 3. The van der Waals surface area contributed by atoms with Crippen LogP contribution in [0.15, 0.2) is 30.5 Å². The van der Waals surface area contributed by atoms with Crippen molar-refractivity contribution in [3.63, 3.8) is 0 Å². The third kappa shape index (κ3) is 1.56. The Morgan fingerprint density at radius 3 is 2.48 bits per heavy atom. The van der Waals surface area contributed by atoms with E-state index >= 15 is 0 Å². The molecule has 3 amide bonds. The summed E-state index contributed by atoms with van der Waals surface area (Å²) < 4.78 is 0. The van der Waals surface area contributed by atoms with Crippen LogP contribution in [0.5, 0.6) is 0 Å². The molecule has 21 heavy (non-hydrogen) atoms. The molecule has 3 N–H and O–H groups in total. The van der Waals surface area contributed by atoms with Gasteiger partial charge in [0.1, 0.15) is 0 Å². The van der Waals surface area contributed by atoms with Gasteiger partial charge in [0.2, 0.25) is 0 Å². The van der Waals surface area contributed by atoms with Gasteiger partial charge in [-0.15, -0.1) is 0 Å². The maximum absolute atomic E-state index is 12.1. The smallest absolute Gasteiger partial charge is 0.259 e. The van der Waals surface area contributed by atoms with Gasteiger partial charge < -0.3 is 10.3 Å². The highest BCUT2D eigenvalue weighted by molar-refractivity contribution is 6.38. The number of aromatic amines is 1. The normalized spacial score (nSPS) is 17.7. The van der Waals surface area contributed by atoms with Crippen molar-refractivity contribution in [1.82, 2.24) is 10.3 Å². The van der Waals surface area contributed by atoms with E-state index in [1.807, 2.05) is 12.1 Å². The maximum Gasteiger partial charge on any atom is 0.259 e. The summed E-state index contributed by atoms with van der Waals surface area (Å²) in [6.45, 7) is 0. The molecule has 0 saturated carbocycles. The van der Waals surface area contributed by atoms with Crippen molar-refractivity contribution in [3.05, 3.63) is 52.8 Å². The van der Waals surface area contributed by atoms with Gasteiger partial charge in [0.15, 0.2) is 0 Å². The zero-order valence-corrected chi connectivity index (χ0v) is 10.7. The zero-order valence-electron chi connectivity index (χ0n) is 10.7. The lowest BCUT2D eigenvalue weighted by Crippen LogP contribution is -2.20. The Bertz CT molecular complexity index is 847. The number of H-pyrrole nitrogens is 1. The summed E-state index contributed by atoms with van der Waals surface area (Å²) in [6.07, 6.45) is 3.41. The quantitative estimate of drug-likeness (QED) is 0.544. The monoisotopic (exact) mass is 279 g/mol. The Labute approximate surface area is 118 Å². The minimum atomic E-state index is -0.472. The molecule has 0 aliphatic carbocycles. The largest absolute Gasteiger partial charge is 0.362 e. The topological polar surface area (TPSA) is 91.1 Å². The first-order valence-electron chi connectivity index (χ1n) is 6.34. The van der Waals surface area contributed by atoms with E-state index in [1.165, 1.54) is 0 Å². The Hall–Kier alpha value is -3.15. The number of rotatable bonds is 1. The summed E-state index contributed by atoms with van der Waals surface area (Å²) in [5.41, 5.74) is 2.70. The molecule has 6 nitrogen and oxygen atoms in total. The molecule has 0 saturated heterocycles. The number of nitrogens with one attached hydrogen (secondary N) is 3. The van der Waals surface area contributed by atoms with Crippen LogP contribution in [-0.4, -0.2) is 22.7 Å². The van der Waals surface area contributed by atoms with Gasteiger partial charge in [-0.25, -0.2) is 0 Å². The van der Waals surface area contributed by atoms with Gasteiger partial charge in [0, 0.05) is 23.1 Å². The van der Waals surface area contributed by atoms with Crippen LogP contribution in [0.2, 0.25) is 0 Å². The number of carbonyl (C=O) groups is 3. The molecule has 0 unspecified atom stereocenters. The average Bonchev–Trinajstić information content (AvgIpc) is 3.12. The van der Waals surface area contributed by atoms with Gasteiger partial charge >= 0.3 is 0 Å². The van der Waals surface area contributed by atoms with E-state index in [4.69, 9.17) is 0 Å². The third-order valence-corrected chi connectivity index (χ3v) is 3.59. The van der Waals surface area contributed by atoms with Gasteiger partial charge in [-0.2, -0.15) is 0 Å². The van der Waals surface area contributed by atoms with Crippen molar-refractivity contribution in [2.24, 2.45) is 0 Å². The van der Waals surface area contributed by atoms with Crippen molar-refractivity contribution in [2.75, 3.05) is 5.32 Å². The standard InChI is InChI=1S/C15H9N3O3/c19-13-8-3-4-10-11(12(8)15(21)18-13)9(14(20)17-10)6-7-2-1-5-16-7/h1-6,16H,(H,17,20)(H,18,19,21)/b9-6-. The second kappa shape index (κ2) is 3.92. The summed E-state index contributed by atoms with van der Waals surface area (Å²) in [4.78, 5) is 38.8. The Kier molecular flexibility index (Phi) is 2.18. The fourth-order valence-electron chi connectivity index (χ4n) is 2.68. The van der Waals surface area contributed by atoms with Crippen LogP contribution in [0.25, 0.3) is 11.6 Å². The fraction of sp³-hybridized carbons (Fsp3) is 0. The van der Waals surface area contributed by atoms with E-state index in [0.717, 1.165) is 5.69 Å². The van der Waals surface area contributed by atoms with Crippen LogP contribution in [-0.2, 0) is 4.79 Å². The molecule has 0 spiro atoms. The Morgan fingerprint density at radius 1 is 0.857 bits per heavy atom. The van der Waals surface area contributed by atoms with E-state index in [-0.39, 0.29) is 11.5 Å². The molecule has 2 aliphatic rings. The highest BCUT2D eigenvalue weighted by Crippen LogP contribution is 2.38. The van der Waals surface area contributed by atoms with Crippen LogP contribution in [0.1, 0.15) is 32.0 Å². The van der Waals surface area contributed by atoms with E-state index in [2.05, 4.69) is 15.6 Å². The molecule has 102 valence electrons. The summed E-state index contributed by atoms with van der Waals surface area (Å²) in [5.74, 6) is -1.20. The van der Waals surface area contributed by atoms with Gasteiger partial charge in [0.05, 0.1) is 16.7 Å². The van der Waals surface area contributed by atoms with E-state index in [0.29, 0.717) is 22.4 Å². The van der Waals surface area contributed by atoms with Gasteiger partial charge in [-0.05, 0) is 30.3 Å². The number of hydrogen-bond acceptors (Lipinski definition) is 3. The first kappa shape index (κ1) is 11.7. The van der Waals surface area contributed by atoms with Crippen LogP contribution in [0.3, 0.4) is 0 Å². The summed E-state index contributed by atoms with van der Waals surface area (Å²) >= 11 is 0. The van der Waals surface area contributed by atoms with Crippen LogP contribution >= 0.6 is 0 Å². The molecule has 0 radical (unpaired) electrons. The van der Waals surface area contributed by atoms with Gasteiger partial charge in [-0.1, -0.05) is 0 Å². The maximum atomic E-state index is 12.1. The SMILES string of the molecule is O=C1Nc2ccc3c(c2/C1=C/c1ccc[nH]1)C(=O)NC3=O. The second-order valence-electron chi connectivity index (χ2n) is 4.83. The minimum Gasteiger partial charge on any atom is -0.362 e. The van der Waals surface area contributed by atoms with Crippen molar-refractivity contribution in [1.29, 1.82) is 0 Å². The molecular formula is C15H9N3O3. The third-order valence-electron chi connectivity index (χ3n) is 3.59. The summed E-state index contributed by atoms with van der Waals surface area (Å²) in [6, 6.07) is 6.81. The van der Waals surface area contributed by atoms with Crippen molar-refractivity contribution in [2.45, 2.75) is 0 Å². The van der Waals surface area contributed by atoms with Crippen LogP contribution in [0, 0.1) is 0 Å². The first-order chi connectivity index (χ1) is 10.1. The average molecular weight is 279 g/mol. The summed E-state index contributed by atoms with van der Waals surface area (Å²) in [7, 11) is 0. The first-order valence-corrected chi connectivity index (χ1v) is 6.34. The molecule has 0 fully saturated rings. The van der Waals surface area contributed by atoms with Crippen molar-refractivity contribution >= 4 is 35.1 Å². The molecule has 2 aromatic rings. The number of imide groups is 1. The second-order valence-corrected chi connectivity index (χ2v) is 4.83. The lowest BCUT2D eigenvalue weighted by molar-refractivity contribution is -0.110. The van der Waals surface area contributed by atoms with Gasteiger partial charge in [-0.3, -0.25) is 19.7 Å². The molecule has 4 rings (SSSR count). The highest BCUT2D eigenvalue weighted by Gasteiger charge is 2.36. The lowest BCUT2D eigenvalue weighted by Gasteiger charge is -2.03. The number of carbonyl (C=O) groups excluding carboxylic acids is 3. The van der Waals surface area contributed by atoms with E-state index in [1.54, 1.807) is 24.4 Å². The van der Waals surface area contributed by atoms with E-state index < -0.39 is 11.8 Å². The number of benzene rings is 1. The molecule has 1 aromatic heterocycles. The summed E-state index contributed by atoms with van der Waals surface area (Å²) in [5, 5.41) is 4.97. The van der Waals surface area contributed by atoms with Crippen molar-refractivity contribution < 1.29 is 14.4 Å². The molecule has 3 heterocycles. The van der Waals surface area contributed by atoms with Crippen molar-refractivity contribution in [3.8, 4) is 0 Å². The van der Waals surface area contributed by atoms with Crippen LogP contribution in [0.4, 0.5) is 5.69 Å².